The molecular weight excluding hydrogens is 438 g/mol. The third kappa shape index (κ3) is 5.48. The van der Waals surface area contributed by atoms with Crippen LogP contribution in [0.15, 0.2) is 53.6 Å². The number of amides is 1. The fourth-order valence-corrected chi connectivity index (χ4v) is 3.96. The quantitative estimate of drug-likeness (QED) is 0.470. The smallest absolute Gasteiger partial charge is 0.409 e. The molecule has 1 aliphatic rings. The summed E-state index contributed by atoms with van der Waals surface area (Å²) < 4.78 is 23.6. The van der Waals surface area contributed by atoms with Crippen LogP contribution < -0.4 is 15.0 Å². The first-order valence-electron chi connectivity index (χ1n) is 11.3. The molecule has 34 heavy (non-hydrogen) atoms. The molecule has 180 valence electrons. The van der Waals surface area contributed by atoms with Crippen LogP contribution in [-0.2, 0) is 16.0 Å². The van der Waals surface area contributed by atoms with Crippen molar-refractivity contribution in [2.75, 3.05) is 40.5 Å². The van der Waals surface area contributed by atoms with E-state index in [1.807, 2.05) is 30.3 Å². The van der Waals surface area contributed by atoms with E-state index in [0.717, 1.165) is 5.56 Å². The highest BCUT2D eigenvalue weighted by molar-refractivity contribution is 5.81. The zero-order chi connectivity index (χ0) is 23.9. The van der Waals surface area contributed by atoms with Gasteiger partial charge in [0.25, 0.3) is 5.56 Å². The Labute approximate surface area is 197 Å². The maximum atomic E-state index is 13.2. The van der Waals surface area contributed by atoms with Gasteiger partial charge in [-0.1, -0.05) is 30.3 Å². The lowest BCUT2D eigenvalue weighted by atomic mass is 10.1. The molecule has 0 radical (unpaired) electrons. The van der Waals surface area contributed by atoms with Crippen LogP contribution in [0.1, 0.15) is 18.4 Å². The van der Waals surface area contributed by atoms with Gasteiger partial charge in [0.15, 0.2) is 11.5 Å². The SMILES string of the molecule is COCCOc1cc2ncn(Cc3ccccc3)c(=O)c2cc1OC1CCN(C(=O)OC)CC1. The largest absolute Gasteiger partial charge is 0.487 e. The van der Waals surface area contributed by atoms with E-state index in [2.05, 4.69) is 4.98 Å². The van der Waals surface area contributed by atoms with Crippen LogP contribution in [0.25, 0.3) is 10.9 Å². The van der Waals surface area contributed by atoms with Gasteiger partial charge in [-0.05, 0) is 11.6 Å². The number of likely N-dealkylation sites (tertiary alicyclic amines) is 1. The summed E-state index contributed by atoms with van der Waals surface area (Å²) in [5.74, 6) is 0.990. The summed E-state index contributed by atoms with van der Waals surface area (Å²) in [7, 11) is 2.98. The summed E-state index contributed by atoms with van der Waals surface area (Å²) in [6.07, 6.45) is 2.40. The number of rotatable bonds is 8. The molecule has 9 heteroatoms. The molecule has 3 aromatic rings. The summed E-state index contributed by atoms with van der Waals surface area (Å²) in [6.45, 7) is 2.26. The Morgan fingerprint density at radius 3 is 2.53 bits per heavy atom. The van der Waals surface area contributed by atoms with Crippen LogP contribution in [0, 0.1) is 0 Å². The van der Waals surface area contributed by atoms with E-state index in [9.17, 15) is 9.59 Å². The van der Waals surface area contributed by atoms with Gasteiger partial charge in [0, 0.05) is 39.1 Å². The highest BCUT2D eigenvalue weighted by atomic mass is 16.5. The van der Waals surface area contributed by atoms with Gasteiger partial charge < -0.3 is 23.8 Å². The Kier molecular flexibility index (Phi) is 7.64. The minimum Gasteiger partial charge on any atom is -0.487 e. The Bertz CT molecular complexity index is 1170. The number of nitrogens with zero attached hydrogens (tertiary/aromatic N) is 3. The fraction of sp³-hybridized carbons (Fsp3) is 0.400. The second kappa shape index (κ2) is 11.0. The second-order valence-electron chi connectivity index (χ2n) is 8.09. The van der Waals surface area contributed by atoms with Crippen LogP contribution in [0.2, 0.25) is 0 Å². The van der Waals surface area contributed by atoms with Crippen molar-refractivity contribution in [3.05, 3.63) is 64.7 Å². The lowest BCUT2D eigenvalue weighted by molar-refractivity contribution is 0.0766. The summed E-state index contributed by atoms with van der Waals surface area (Å²) in [5.41, 5.74) is 1.40. The van der Waals surface area contributed by atoms with Crippen molar-refractivity contribution in [3.63, 3.8) is 0 Å². The molecule has 2 aromatic carbocycles. The standard InChI is InChI=1S/C25H29N3O6/c1-31-12-13-33-22-15-21-20(24(29)28(17-26-21)16-18-6-4-3-5-7-18)14-23(22)34-19-8-10-27(11-9-19)25(30)32-2/h3-7,14-15,17,19H,8-13,16H2,1-2H3. The maximum absolute atomic E-state index is 13.2. The van der Waals surface area contributed by atoms with Gasteiger partial charge in [0.05, 0.1) is 37.5 Å². The molecular formula is C25H29N3O6. The summed E-state index contributed by atoms with van der Waals surface area (Å²) in [5, 5.41) is 0.458. The summed E-state index contributed by atoms with van der Waals surface area (Å²) in [4.78, 5) is 31.2. The topological polar surface area (TPSA) is 92.1 Å². The third-order valence-electron chi connectivity index (χ3n) is 5.80. The summed E-state index contributed by atoms with van der Waals surface area (Å²) in [6, 6.07) is 13.2. The van der Waals surface area contributed by atoms with Gasteiger partial charge in [-0.25, -0.2) is 9.78 Å². The number of fused-ring (bicyclic) bond motifs is 1. The van der Waals surface area contributed by atoms with E-state index >= 15 is 0 Å². The van der Waals surface area contributed by atoms with Gasteiger partial charge in [-0.3, -0.25) is 9.36 Å². The van der Waals surface area contributed by atoms with Gasteiger partial charge in [-0.2, -0.15) is 0 Å². The number of carbonyl (C=O) groups is 1. The number of ether oxygens (including phenoxy) is 4. The molecule has 0 saturated carbocycles. The molecule has 0 unspecified atom stereocenters. The molecule has 1 amide bonds. The number of hydrogen-bond acceptors (Lipinski definition) is 7. The van der Waals surface area contributed by atoms with E-state index < -0.39 is 0 Å². The van der Waals surface area contributed by atoms with E-state index in [0.29, 0.717) is 68.1 Å². The first-order valence-corrected chi connectivity index (χ1v) is 11.3. The molecule has 1 aliphatic heterocycles. The van der Waals surface area contributed by atoms with Crippen molar-refractivity contribution in [3.8, 4) is 11.5 Å². The number of methoxy groups -OCH3 is 2. The van der Waals surface area contributed by atoms with Crippen molar-refractivity contribution in [2.24, 2.45) is 0 Å². The number of benzene rings is 2. The van der Waals surface area contributed by atoms with Crippen molar-refractivity contribution >= 4 is 17.0 Å². The zero-order valence-corrected chi connectivity index (χ0v) is 19.4. The lowest BCUT2D eigenvalue weighted by Gasteiger charge is -2.31. The minimum atomic E-state index is -0.335. The molecule has 0 spiro atoms. The van der Waals surface area contributed by atoms with Crippen LogP contribution in [0.3, 0.4) is 0 Å². The number of hydrogen-bond donors (Lipinski definition) is 0. The predicted octanol–water partition coefficient (Wildman–Crippen LogP) is 3.08. The van der Waals surface area contributed by atoms with Crippen LogP contribution in [-0.4, -0.2) is 67.2 Å². The molecule has 0 aliphatic carbocycles. The number of carbonyl (C=O) groups excluding carboxylic acids is 1. The van der Waals surface area contributed by atoms with E-state index in [1.165, 1.54) is 7.11 Å². The first-order chi connectivity index (χ1) is 16.6. The van der Waals surface area contributed by atoms with E-state index in [-0.39, 0.29) is 17.8 Å². The van der Waals surface area contributed by atoms with Gasteiger partial charge >= 0.3 is 6.09 Å². The minimum absolute atomic E-state index is 0.119. The Balaban J connectivity index is 1.61. The first kappa shape index (κ1) is 23.6. The summed E-state index contributed by atoms with van der Waals surface area (Å²) >= 11 is 0. The Morgan fingerprint density at radius 1 is 1.06 bits per heavy atom. The molecule has 1 saturated heterocycles. The monoisotopic (exact) mass is 467 g/mol. The van der Waals surface area contributed by atoms with Crippen LogP contribution in [0.5, 0.6) is 11.5 Å². The van der Waals surface area contributed by atoms with Gasteiger partial charge in [0.2, 0.25) is 0 Å². The predicted molar refractivity (Wildman–Crippen MR) is 127 cm³/mol. The average Bonchev–Trinajstić information content (AvgIpc) is 2.87. The van der Waals surface area contributed by atoms with Crippen molar-refractivity contribution in [1.29, 1.82) is 0 Å². The van der Waals surface area contributed by atoms with Crippen molar-refractivity contribution in [2.45, 2.75) is 25.5 Å². The fourth-order valence-electron chi connectivity index (χ4n) is 3.96. The Hall–Kier alpha value is -3.59. The second-order valence-corrected chi connectivity index (χ2v) is 8.09. The van der Waals surface area contributed by atoms with Crippen molar-refractivity contribution < 1.29 is 23.7 Å². The van der Waals surface area contributed by atoms with E-state index in [4.69, 9.17) is 18.9 Å². The molecule has 0 atom stereocenters. The molecule has 0 bridgehead atoms. The van der Waals surface area contributed by atoms with Crippen molar-refractivity contribution in [1.82, 2.24) is 14.5 Å². The normalized spacial score (nSPS) is 14.2. The zero-order valence-electron chi connectivity index (χ0n) is 19.4. The lowest BCUT2D eigenvalue weighted by Crippen LogP contribution is -2.41. The molecule has 0 N–H and O–H groups in total. The third-order valence-corrected chi connectivity index (χ3v) is 5.80. The van der Waals surface area contributed by atoms with Crippen LogP contribution >= 0.6 is 0 Å². The van der Waals surface area contributed by atoms with Gasteiger partial charge in [-0.15, -0.1) is 0 Å². The average molecular weight is 468 g/mol. The number of piperidine rings is 1. The van der Waals surface area contributed by atoms with Crippen LogP contribution in [0.4, 0.5) is 4.79 Å². The molecule has 4 rings (SSSR count). The molecule has 1 aromatic heterocycles. The highest BCUT2D eigenvalue weighted by Gasteiger charge is 2.25. The van der Waals surface area contributed by atoms with E-state index in [1.54, 1.807) is 35.0 Å². The molecule has 1 fully saturated rings. The maximum Gasteiger partial charge on any atom is 0.409 e. The number of aromatic nitrogens is 2. The van der Waals surface area contributed by atoms with Gasteiger partial charge in [0.1, 0.15) is 12.7 Å². The highest BCUT2D eigenvalue weighted by Crippen LogP contribution is 2.33. The Morgan fingerprint density at radius 2 is 1.82 bits per heavy atom. The molecule has 2 heterocycles. The molecule has 9 nitrogen and oxygen atoms in total.